The van der Waals surface area contributed by atoms with Crippen molar-refractivity contribution in [1.82, 2.24) is 5.32 Å². The highest BCUT2D eigenvalue weighted by molar-refractivity contribution is 5.76. The van der Waals surface area contributed by atoms with Gasteiger partial charge in [-0.15, -0.1) is 0 Å². The zero-order valence-corrected chi connectivity index (χ0v) is 14.6. The Morgan fingerprint density at radius 3 is 2.14 bits per heavy atom. The average molecular weight is 302 g/mol. The van der Waals surface area contributed by atoms with E-state index in [4.69, 9.17) is 15.6 Å². The minimum atomic E-state index is -0.375. The maximum atomic E-state index is 11.9. The molecule has 0 rings (SSSR count). The molecule has 0 saturated carbocycles. The third kappa shape index (κ3) is 11.7. The van der Waals surface area contributed by atoms with Crippen LogP contribution >= 0.6 is 0 Å². The molecule has 0 radical (unpaired) electrons. The Balaban J connectivity index is 4.10. The first-order valence-electron chi connectivity index (χ1n) is 7.72. The number of nitrogens with two attached hydrogens (primary N) is 1. The summed E-state index contributed by atoms with van der Waals surface area (Å²) >= 11 is 0. The fraction of sp³-hybridized carbons (Fsp3) is 0.938. The van der Waals surface area contributed by atoms with E-state index in [2.05, 4.69) is 5.32 Å². The monoisotopic (exact) mass is 302 g/mol. The number of aliphatic hydroxyl groups is 1. The van der Waals surface area contributed by atoms with Gasteiger partial charge in [-0.3, -0.25) is 4.79 Å². The molecule has 0 spiro atoms. The number of nitrogens with one attached hydrogen (secondary N) is 1. The molecule has 5 nitrogen and oxygen atoms in total. The Kier molecular flexibility index (Phi) is 7.86. The summed E-state index contributed by atoms with van der Waals surface area (Å²) in [6.07, 6.45) is 2.39. The lowest BCUT2D eigenvalue weighted by Crippen LogP contribution is -2.44. The number of carbonyl (C=O) groups excluding carboxylic acids is 1. The first-order valence-corrected chi connectivity index (χ1v) is 7.72. The van der Waals surface area contributed by atoms with E-state index in [9.17, 15) is 4.79 Å². The Labute approximate surface area is 129 Å². The standard InChI is InChI=1S/C16H34N2O3/c1-14(2,17)10-12-21-16(5,6)8-7-13(20)18-15(3,4)9-11-19/h19H,7-12,17H2,1-6H3,(H,18,20). The largest absolute Gasteiger partial charge is 0.396 e. The molecule has 4 N–H and O–H groups in total. The highest BCUT2D eigenvalue weighted by Gasteiger charge is 2.24. The maximum Gasteiger partial charge on any atom is 0.220 e. The van der Waals surface area contributed by atoms with E-state index in [1.54, 1.807) is 0 Å². The second-order valence-corrected chi connectivity index (χ2v) is 7.75. The first kappa shape index (κ1) is 20.3. The molecule has 0 atom stereocenters. The van der Waals surface area contributed by atoms with Crippen LogP contribution in [0.4, 0.5) is 0 Å². The van der Waals surface area contributed by atoms with Crippen LogP contribution in [0.15, 0.2) is 0 Å². The van der Waals surface area contributed by atoms with Crippen LogP contribution in [0.25, 0.3) is 0 Å². The van der Waals surface area contributed by atoms with E-state index < -0.39 is 0 Å². The Morgan fingerprint density at radius 1 is 1.10 bits per heavy atom. The van der Waals surface area contributed by atoms with Crippen molar-refractivity contribution >= 4 is 5.91 Å². The molecule has 21 heavy (non-hydrogen) atoms. The molecule has 0 saturated heterocycles. The summed E-state index contributed by atoms with van der Waals surface area (Å²) in [5.74, 6) is -0.00993. The van der Waals surface area contributed by atoms with Gasteiger partial charge < -0.3 is 20.9 Å². The van der Waals surface area contributed by atoms with Gasteiger partial charge in [0.15, 0.2) is 0 Å². The third-order valence-electron chi connectivity index (χ3n) is 3.41. The van der Waals surface area contributed by atoms with Crippen molar-refractivity contribution in [2.75, 3.05) is 13.2 Å². The molecule has 1 amide bonds. The van der Waals surface area contributed by atoms with E-state index in [-0.39, 0.29) is 29.2 Å². The molecule has 0 aromatic heterocycles. The topological polar surface area (TPSA) is 84.6 Å². The number of amides is 1. The van der Waals surface area contributed by atoms with Crippen molar-refractivity contribution in [1.29, 1.82) is 0 Å². The lowest BCUT2D eigenvalue weighted by atomic mass is 9.98. The maximum absolute atomic E-state index is 11.9. The molecular weight excluding hydrogens is 268 g/mol. The minimum absolute atomic E-state index is 0.00993. The van der Waals surface area contributed by atoms with Crippen LogP contribution in [-0.2, 0) is 9.53 Å². The average Bonchev–Trinajstić information content (AvgIpc) is 2.23. The highest BCUT2D eigenvalue weighted by atomic mass is 16.5. The summed E-state index contributed by atoms with van der Waals surface area (Å²) in [4.78, 5) is 11.9. The molecular formula is C16H34N2O3. The van der Waals surface area contributed by atoms with Crippen molar-refractivity contribution in [3.8, 4) is 0 Å². The van der Waals surface area contributed by atoms with Crippen molar-refractivity contribution in [3.63, 3.8) is 0 Å². The van der Waals surface area contributed by atoms with Crippen molar-refractivity contribution < 1.29 is 14.6 Å². The van der Waals surface area contributed by atoms with Crippen LogP contribution in [-0.4, -0.2) is 40.9 Å². The van der Waals surface area contributed by atoms with Crippen molar-refractivity contribution in [3.05, 3.63) is 0 Å². The van der Waals surface area contributed by atoms with Gasteiger partial charge in [0.25, 0.3) is 0 Å². The number of carbonyl (C=O) groups is 1. The molecule has 0 fully saturated rings. The summed E-state index contributed by atoms with van der Waals surface area (Å²) in [6, 6.07) is 0. The van der Waals surface area contributed by atoms with E-state index in [1.165, 1.54) is 0 Å². The van der Waals surface area contributed by atoms with E-state index in [0.29, 0.717) is 25.9 Å². The Bertz CT molecular complexity index is 320. The molecule has 0 aliphatic carbocycles. The van der Waals surface area contributed by atoms with Crippen molar-refractivity contribution in [2.24, 2.45) is 5.73 Å². The van der Waals surface area contributed by atoms with Gasteiger partial charge in [-0.2, -0.15) is 0 Å². The second kappa shape index (κ2) is 8.11. The number of aliphatic hydroxyl groups excluding tert-OH is 1. The summed E-state index contributed by atoms with van der Waals surface area (Å²) in [5, 5.41) is 11.9. The van der Waals surface area contributed by atoms with Gasteiger partial charge >= 0.3 is 0 Å². The Morgan fingerprint density at radius 2 is 1.67 bits per heavy atom. The van der Waals surface area contributed by atoms with Gasteiger partial charge in [-0.25, -0.2) is 0 Å². The molecule has 0 aromatic rings. The van der Waals surface area contributed by atoms with Crippen molar-refractivity contribution in [2.45, 2.75) is 83.9 Å². The van der Waals surface area contributed by atoms with Crippen LogP contribution in [0, 0.1) is 0 Å². The lowest BCUT2D eigenvalue weighted by Gasteiger charge is -2.29. The first-order chi connectivity index (χ1) is 9.37. The summed E-state index contributed by atoms with van der Waals surface area (Å²) in [5.41, 5.74) is 4.97. The van der Waals surface area contributed by atoms with Crippen LogP contribution in [0.3, 0.4) is 0 Å². The van der Waals surface area contributed by atoms with Crippen LogP contribution in [0.2, 0.25) is 0 Å². The fourth-order valence-electron chi connectivity index (χ4n) is 1.86. The number of hydrogen-bond donors (Lipinski definition) is 3. The predicted molar refractivity (Wildman–Crippen MR) is 86.1 cm³/mol. The summed E-state index contributed by atoms with van der Waals surface area (Å²) in [6.45, 7) is 12.4. The third-order valence-corrected chi connectivity index (χ3v) is 3.41. The molecule has 0 aliphatic rings. The zero-order valence-electron chi connectivity index (χ0n) is 14.6. The normalized spacial score (nSPS) is 13.3. The zero-order chi connectivity index (χ0) is 16.7. The summed E-state index contributed by atoms with van der Waals surface area (Å²) < 4.78 is 5.83. The number of ether oxygens (including phenoxy) is 1. The lowest BCUT2D eigenvalue weighted by molar-refractivity contribution is -0.124. The predicted octanol–water partition coefficient (Wildman–Crippen LogP) is 1.97. The van der Waals surface area contributed by atoms with Crippen LogP contribution in [0.5, 0.6) is 0 Å². The van der Waals surface area contributed by atoms with E-state index in [0.717, 1.165) is 6.42 Å². The quantitative estimate of drug-likeness (QED) is 0.576. The molecule has 0 aromatic carbocycles. The van der Waals surface area contributed by atoms with Gasteiger partial charge in [0.2, 0.25) is 5.91 Å². The second-order valence-electron chi connectivity index (χ2n) is 7.75. The fourth-order valence-corrected chi connectivity index (χ4v) is 1.86. The molecule has 5 heteroatoms. The van der Waals surface area contributed by atoms with Gasteiger partial charge in [0.05, 0.1) is 5.60 Å². The Hall–Kier alpha value is -0.650. The van der Waals surface area contributed by atoms with Gasteiger partial charge in [0, 0.05) is 30.7 Å². The van der Waals surface area contributed by atoms with Gasteiger partial charge in [0.1, 0.15) is 0 Å². The minimum Gasteiger partial charge on any atom is -0.396 e. The molecule has 0 unspecified atom stereocenters. The molecule has 0 heterocycles. The smallest absolute Gasteiger partial charge is 0.220 e. The molecule has 126 valence electrons. The van der Waals surface area contributed by atoms with E-state index in [1.807, 2.05) is 41.5 Å². The van der Waals surface area contributed by atoms with E-state index >= 15 is 0 Å². The number of rotatable bonds is 10. The molecule has 0 aliphatic heterocycles. The highest BCUT2D eigenvalue weighted by Crippen LogP contribution is 2.19. The van der Waals surface area contributed by atoms with Crippen LogP contribution in [0.1, 0.15) is 67.2 Å². The molecule has 0 bridgehead atoms. The van der Waals surface area contributed by atoms with Gasteiger partial charge in [-0.05, 0) is 60.8 Å². The van der Waals surface area contributed by atoms with Gasteiger partial charge in [-0.1, -0.05) is 0 Å². The number of hydrogen-bond acceptors (Lipinski definition) is 4. The summed E-state index contributed by atoms with van der Waals surface area (Å²) in [7, 11) is 0. The van der Waals surface area contributed by atoms with Crippen LogP contribution < -0.4 is 11.1 Å². The SMILES string of the molecule is CC(C)(N)CCOC(C)(C)CCC(=O)NC(C)(C)CCO.